The molecule has 1 unspecified atom stereocenters. The molecule has 0 aliphatic carbocycles. The van der Waals surface area contributed by atoms with Crippen LogP contribution in [0, 0.1) is 5.92 Å². The molecule has 7 heteroatoms. The molecule has 3 aromatic carbocycles. The molecule has 0 radical (unpaired) electrons. The van der Waals surface area contributed by atoms with E-state index in [0.717, 1.165) is 5.56 Å². The number of rotatable bonds is 8. The monoisotopic (exact) mass is 505 g/mol. The van der Waals surface area contributed by atoms with Gasteiger partial charge in [0.05, 0.1) is 18.2 Å². The summed E-state index contributed by atoms with van der Waals surface area (Å²) in [6, 6.07) is 19.6. The van der Waals surface area contributed by atoms with Crippen molar-refractivity contribution in [2.24, 2.45) is 5.92 Å². The van der Waals surface area contributed by atoms with Crippen molar-refractivity contribution in [3.63, 3.8) is 0 Å². The molecule has 1 saturated heterocycles. The minimum Gasteiger partial charge on any atom is -0.508 e. The minimum atomic E-state index is -0.857. The van der Waals surface area contributed by atoms with Crippen LogP contribution in [0.4, 0.5) is 0 Å². The number of ketones is 1. The Hall–Kier alpha value is -3.77. The highest BCUT2D eigenvalue weighted by atomic mass is 35.5. The fraction of sp³-hybridized carbons (Fsp3) is 0.241. The van der Waals surface area contributed by atoms with E-state index in [-0.39, 0.29) is 23.6 Å². The topological polar surface area (TPSA) is 87.1 Å². The van der Waals surface area contributed by atoms with Gasteiger partial charge in [-0.2, -0.15) is 0 Å². The maximum Gasteiger partial charge on any atom is 0.295 e. The van der Waals surface area contributed by atoms with Gasteiger partial charge >= 0.3 is 0 Å². The third-order valence-corrected chi connectivity index (χ3v) is 6.22. The standard InChI is InChI=1S/C29H28ClNO5/c1-18(2)17-36-24-8-4-6-21(16-24)27(33)25-26(20-5-3-7-23(32)15-20)31(29(35)28(25)34)14-13-19-9-11-22(30)12-10-19/h3-12,15-16,18,26,32-33H,13-14,17H2,1-2H3/b27-25-. The zero-order valence-electron chi connectivity index (χ0n) is 20.1. The molecule has 1 aliphatic rings. The number of halogens is 1. The number of Topliss-reactive ketones (excluding diaryl/α,β-unsaturated/α-hetero) is 1. The van der Waals surface area contributed by atoms with E-state index in [1.54, 1.807) is 48.5 Å². The summed E-state index contributed by atoms with van der Waals surface area (Å²) < 4.78 is 5.77. The number of hydrogen-bond donors (Lipinski definition) is 2. The van der Waals surface area contributed by atoms with Crippen LogP contribution in [0.5, 0.6) is 11.5 Å². The van der Waals surface area contributed by atoms with Crippen molar-refractivity contribution in [3.8, 4) is 11.5 Å². The lowest BCUT2D eigenvalue weighted by Crippen LogP contribution is -2.31. The molecule has 0 saturated carbocycles. The Bertz CT molecular complexity index is 1300. The first-order valence-electron chi connectivity index (χ1n) is 11.8. The number of phenolic OH excluding ortho intramolecular Hbond substituents is 1. The average molecular weight is 506 g/mol. The SMILES string of the molecule is CC(C)COc1cccc(/C(O)=C2/C(=O)C(=O)N(CCc3ccc(Cl)cc3)C2c2cccc(O)c2)c1. The van der Waals surface area contributed by atoms with E-state index in [1.165, 1.54) is 17.0 Å². The number of carbonyl (C=O) groups is 2. The van der Waals surface area contributed by atoms with Crippen LogP contribution in [0.25, 0.3) is 5.76 Å². The normalized spacial score (nSPS) is 17.1. The maximum absolute atomic E-state index is 13.2. The van der Waals surface area contributed by atoms with Gasteiger partial charge in [0.15, 0.2) is 0 Å². The van der Waals surface area contributed by atoms with Crippen molar-refractivity contribution in [3.05, 3.63) is 100 Å². The number of benzene rings is 3. The van der Waals surface area contributed by atoms with E-state index in [1.807, 2.05) is 26.0 Å². The van der Waals surface area contributed by atoms with Crippen LogP contribution in [0.2, 0.25) is 5.02 Å². The number of aromatic hydroxyl groups is 1. The van der Waals surface area contributed by atoms with Gasteiger partial charge in [-0.05, 0) is 59.9 Å². The number of aliphatic hydroxyl groups excluding tert-OH is 1. The Morgan fingerprint density at radius 3 is 2.44 bits per heavy atom. The Labute approximate surface area is 215 Å². The molecule has 6 nitrogen and oxygen atoms in total. The quantitative estimate of drug-likeness (QED) is 0.231. The molecule has 0 spiro atoms. The summed E-state index contributed by atoms with van der Waals surface area (Å²) in [5, 5.41) is 22.0. The fourth-order valence-corrected chi connectivity index (χ4v) is 4.33. The predicted molar refractivity (Wildman–Crippen MR) is 139 cm³/mol. The molecule has 1 amide bonds. The van der Waals surface area contributed by atoms with E-state index in [0.29, 0.717) is 40.8 Å². The second kappa shape index (κ2) is 10.9. The molecule has 4 rings (SSSR count). The Morgan fingerprint density at radius 1 is 1.03 bits per heavy atom. The molecule has 1 aliphatic heterocycles. The van der Waals surface area contributed by atoms with Crippen LogP contribution in [-0.4, -0.2) is 40.0 Å². The number of ether oxygens (including phenoxy) is 1. The predicted octanol–water partition coefficient (Wildman–Crippen LogP) is 5.74. The Morgan fingerprint density at radius 2 is 1.75 bits per heavy atom. The van der Waals surface area contributed by atoms with Gasteiger partial charge in [0.2, 0.25) is 0 Å². The highest BCUT2D eigenvalue weighted by Crippen LogP contribution is 2.40. The van der Waals surface area contributed by atoms with E-state index >= 15 is 0 Å². The number of amides is 1. The lowest BCUT2D eigenvalue weighted by atomic mass is 9.95. The van der Waals surface area contributed by atoms with Gasteiger partial charge in [0.1, 0.15) is 17.3 Å². The Kier molecular flexibility index (Phi) is 7.65. The molecule has 1 heterocycles. The number of likely N-dealkylation sites (tertiary alicyclic amines) is 1. The van der Waals surface area contributed by atoms with E-state index in [2.05, 4.69) is 0 Å². The van der Waals surface area contributed by atoms with Gasteiger partial charge in [0.25, 0.3) is 11.7 Å². The first-order chi connectivity index (χ1) is 17.2. The zero-order valence-corrected chi connectivity index (χ0v) is 20.9. The second-order valence-corrected chi connectivity index (χ2v) is 9.63. The molecule has 2 N–H and O–H groups in total. The lowest BCUT2D eigenvalue weighted by Gasteiger charge is -2.25. The summed E-state index contributed by atoms with van der Waals surface area (Å²) >= 11 is 5.98. The van der Waals surface area contributed by atoms with Crippen LogP contribution >= 0.6 is 11.6 Å². The number of nitrogens with zero attached hydrogens (tertiary/aromatic N) is 1. The highest BCUT2D eigenvalue weighted by molar-refractivity contribution is 6.46. The third kappa shape index (κ3) is 5.55. The Balaban J connectivity index is 1.74. The van der Waals surface area contributed by atoms with E-state index in [4.69, 9.17) is 16.3 Å². The van der Waals surface area contributed by atoms with Crippen LogP contribution in [0.1, 0.15) is 36.6 Å². The van der Waals surface area contributed by atoms with Crippen molar-refractivity contribution in [1.82, 2.24) is 4.90 Å². The summed E-state index contributed by atoms with van der Waals surface area (Å²) in [7, 11) is 0. The van der Waals surface area contributed by atoms with Crippen molar-refractivity contribution in [2.75, 3.05) is 13.2 Å². The number of carbonyl (C=O) groups excluding carboxylic acids is 2. The largest absolute Gasteiger partial charge is 0.508 e. The second-order valence-electron chi connectivity index (χ2n) is 9.20. The first kappa shape index (κ1) is 25.3. The van der Waals surface area contributed by atoms with E-state index < -0.39 is 17.7 Å². The van der Waals surface area contributed by atoms with Crippen LogP contribution < -0.4 is 4.74 Å². The summed E-state index contributed by atoms with van der Waals surface area (Å²) in [6.07, 6.45) is 0.484. The van der Waals surface area contributed by atoms with Gasteiger partial charge in [-0.1, -0.05) is 61.8 Å². The molecule has 1 atom stereocenters. The number of aliphatic hydroxyl groups is 1. The van der Waals surface area contributed by atoms with Gasteiger partial charge in [-0.25, -0.2) is 0 Å². The zero-order chi connectivity index (χ0) is 25.8. The summed E-state index contributed by atoms with van der Waals surface area (Å²) in [5.41, 5.74) is 1.82. The number of hydrogen-bond acceptors (Lipinski definition) is 5. The molecule has 0 aromatic heterocycles. The van der Waals surface area contributed by atoms with Crippen LogP contribution in [0.3, 0.4) is 0 Å². The minimum absolute atomic E-state index is 0.000119. The summed E-state index contributed by atoms with van der Waals surface area (Å²) in [5.74, 6) is -0.889. The average Bonchev–Trinajstić information content (AvgIpc) is 3.12. The lowest BCUT2D eigenvalue weighted by molar-refractivity contribution is -0.139. The number of phenols is 1. The summed E-state index contributed by atoms with van der Waals surface area (Å²) in [4.78, 5) is 27.8. The van der Waals surface area contributed by atoms with Gasteiger partial charge in [-0.15, -0.1) is 0 Å². The summed E-state index contributed by atoms with van der Waals surface area (Å²) in [6.45, 7) is 4.80. The molecule has 36 heavy (non-hydrogen) atoms. The first-order valence-corrected chi connectivity index (χ1v) is 12.2. The van der Waals surface area contributed by atoms with Crippen molar-refractivity contribution in [2.45, 2.75) is 26.3 Å². The molecular weight excluding hydrogens is 478 g/mol. The third-order valence-electron chi connectivity index (χ3n) is 5.97. The van der Waals surface area contributed by atoms with Crippen LogP contribution in [-0.2, 0) is 16.0 Å². The molecule has 1 fully saturated rings. The van der Waals surface area contributed by atoms with Crippen molar-refractivity contribution < 1.29 is 24.5 Å². The highest BCUT2D eigenvalue weighted by Gasteiger charge is 2.46. The van der Waals surface area contributed by atoms with Gasteiger partial charge in [0, 0.05) is 17.1 Å². The molecule has 186 valence electrons. The van der Waals surface area contributed by atoms with Gasteiger partial charge in [-0.3, -0.25) is 9.59 Å². The fourth-order valence-electron chi connectivity index (χ4n) is 4.20. The molecular formula is C29H28ClNO5. The van der Waals surface area contributed by atoms with Crippen LogP contribution in [0.15, 0.2) is 78.4 Å². The molecule has 0 bridgehead atoms. The van der Waals surface area contributed by atoms with E-state index in [9.17, 15) is 19.8 Å². The smallest absolute Gasteiger partial charge is 0.295 e. The van der Waals surface area contributed by atoms with Crippen molar-refractivity contribution >= 4 is 29.1 Å². The maximum atomic E-state index is 13.2. The van der Waals surface area contributed by atoms with Gasteiger partial charge < -0.3 is 19.8 Å². The molecule has 3 aromatic rings. The van der Waals surface area contributed by atoms with Crippen molar-refractivity contribution in [1.29, 1.82) is 0 Å².